The molecule has 29 heavy (non-hydrogen) atoms. The normalized spacial score (nSPS) is 10.8. The summed E-state index contributed by atoms with van der Waals surface area (Å²) in [5.41, 5.74) is 8.45. The largest absolute Gasteiger partial charge is 0.273 e. The number of carbonyl (C=O) groups is 2. The Kier molecular flexibility index (Phi) is 6.24. The number of nitrogens with one attached hydrogen (secondary N) is 2. The molecule has 0 spiro atoms. The Morgan fingerprint density at radius 3 is 2.55 bits per heavy atom. The van der Waals surface area contributed by atoms with Crippen LogP contribution in [0.2, 0.25) is 0 Å². The van der Waals surface area contributed by atoms with Gasteiger partial charge >= 0.3 is 0 Å². The lowest BCUT2D eigenvalue weighted by Crippen LogP contribution is -2.42. The maximum atomic E-state index is 12.2. The third-order valence-electron chi connectivity index (χ3n) is 4.11. The molecule has 0 aliphatic heterocycles. The smallest absolute Gasteiger partial charge is 0.269 e. The number of hydrogen-bond acceptors (Lipinski definition) is 6. The van der Waals surface area contributed by atoms with Crippen LogP contribution >= 0.6 is 34.4 Å². The fourth-order valence-corrected chi connectivity index (χ4v) is 5.32. The number of fused-ring (bicyclic) bond motifs is 1. The zero-order chi connectivity index (χ0) is 20.1. The number of benzene rings is 2. The lowest BCUT2D eigenvalue weighted by molar-refractivity contribution is -0.121. The molecule has 4 rings (SSSR count). The number of thiazole rings is 1. The molecule has 4 aromatic rings. The summed E-state index contributed by atoms with van der Waals surface area (Å²) in [6.45, 7) is 0. The van der Waals surface area contributed by atoms with E-state index in [1.165, 1.54) is 16.0 Å². The van der Waals surface area contributed by atoms with Crippen molar-refractivity contribution in [1.82, 2.24) is 15.8 Å². The molecule has 2 N–H and O–H groups in total. The lowest BCUT2D eigenvalue weighted by atomic mass is 10.1. The quantitative estimate of drug-likeness (QED) is 0.339. The zero-order valence-corrected chi connectivity index (χ0v) is 17.7. The molecule has 2 aromatic heterocycles. The second-order valence-electron chi connectivity index (χ2n) is 6.24. The Hall–Kier alpha value is -2.68. The molecule has 8 heteroatoms. The van der Waals surface area contributed by atoms with E-state index in [1.807, 2.05) is 47.2 Å². The Morgan fingerprint density at radius 2 is 1.79 bits per heavy atom. The molecule has 2 aromatic carbocycles. The lowest BCUT2D eigenvalue weighted by Gasteiger charge is -2.07. The predicted molar refractivity (Wildman–Crippen MR) is 119 cm³/mol. The van der Waals surface area contributed by atoms with Crippen molar-refractivity contribution < 1.29 is 9.59 Å². The predicted octanol–water partition coefficient (Wildman–Crippen LogP) is 4.65. The van der Waals surface area contributed by atoms with E-state index < -0.39 is 0 Å². The van der Waals surface area contributed by atoms with E-state index in [4.69, 9.17) is 0 Å². The van der Waals surface area contributed by atoms with Crippen molar-refractivity contribution in [3.05, 3.63) is 82.0 Å². The van der Waals surface area contributed by atoms with E-state index >= 15 is 0 Å². The number of para-hydroxylation sites is 1. The molecule has 2 heterocycles. The van der Waals surface area contributed by atoms with Crippen molar-refractivity contribution in [2.45, 2.75) is 16.5 Å². The molecule has 0 atom stereocenters. The Morgan fingerprint density at radius 1 is 0.966 bits per heavy atom. The zero-order valence-electron chi connectivity index (χ0n) is 15.3. The average Bonchev–Trinajstić information content (AvgIpc) is 3.40. The third kappa shape index (κ3) is 5.23. The van der Waals surface area contributed by atoms with E-state index in [2.05, 4.69) is 21.9 Å². The van der Waals surface area contributed by atoms with Gasteiger partial charge in [-0.3, -0.25) is 20.4 Å². The van der Waals surface area contributed by atoms with Gasteiger partial charge in [-0.2, -0.15) is 11.3 Å². The third-order valence-corrected chi connectivity index (χ3v) is 7.10. The van der Waals surface area contributed by atoms with Gasteiger partial charge in [0.15, 0.2) is 4.34 Å². The Bertz CT molecular complexity index is 1090. The number of thiophene rings is 1. The molecule has 0 unspecified atom stereocenters. The number of carbonyl (C=O) groups excluding carboxylic acids is 2. The number of hydrazine groups is 1. The highest BCUT2D eigenvalue weighted by Crippen LogP contribution is 2.31. The molecule has 0 bridgehead atoms. The molecular weight excluding hydrogens is 422 g/mol. The van der Waals surface area contributed by atoms with Crippen LogP contribution in [0.25, 0.3) is 10.2 Å². The van der Waals surface area contributed by atoms with Gasteiger partial charge in [0.05, 0.1) is 16.6 Å². The fraction of sp³-hybridized carbons (Fsp3) is 0.0952. The van der Waals surface area contributed by atoms with Crippen LogP contribution in [0.3, 0.4) is 0 Å². The van der Waals surface area contributed by atoms with Gasteiger partial charge < -0.3 is 0 Å². The monoisotopic (exact) mass is 439 g/mol. The molecule has 0 aliphatic carbocycles. The molecule has 2 amide bonds. The minimum atomic E-state index is -0.339. The van der Waals surface area contributed by atoms with E-state index in [0.29, 0.717) is 5.56 Å². The number of hydrogen-bond donors (Lipinski definition) is 2. The second-order valence-corrected chi connectivity index (χ2v) is 9.28. The van der Waals surface area contributed by atoms with E-state index in [1.54, 1.807) is 35.2 Å². The van der Waals surface area contributed by atoms with Gasteiger partial charge in [-0.1, -0.05) is 36.0 Å². The van der Waals surface area contributed by atoms with E-state index in [0.717, 1.165) is 26.7 Å². The Balaban J connectivity index is 1.27. The summed E-state index contributed by atoms with van der Waals surface area (Å²) in [6, 6.07) is 17.3. The van der Waals surface area contributed by atoms with Crippen molar-refractivity contribution in [1.29, 1.82) is 0 Å². The first kappa shape index (κ1) is 19.6. The van der Waals surface area contributed by atoms with Gasteiger partial charge in [-0.05, 0) is 52.2 Å². The highest BCUT2D eigenvalue weighted by atomic mass is 32.2. The average molecular weight is 440 g/mol. The standard InChI is InChI=1S/C21H17N3O2S3/c25-19(11-15-9-10-27-12-15)23-24-20(26)16-7-5-14(6-8-16)13-28-21-22-17-3-1-2-4-18(17)29-21/h1-10,12H,11,13H2,(H,23,25)(H,24,26). The van der Waals surface area contributed by atoms with Gasteiger partial charge in [0, 0.05) is 11.3 Å². The molecule has 5 nitrogen and oxygen atoms in total. The highest BCUT2D eigenvalue weighted by Gasteiger charge is 2.09. The number of amides is 2. The van der Waals surface area contributed by atoms with Crippen molar-refractivity contribution in [2.24, 2.45) is 0 Å². The summed E-state index contributed by atoms with van der Waals surface area (Å²) in [4.78, 5) is 28.7. The first-order chi connectivity index (χ1) is 14.2. The molecule has 0 saturated heterocycles. The van der Waals surface area contributed by atoms with Crippen molar-refractivity contribution in [2.75, 3.05) is 0 Å². The van der Waals surface area contributed by atoms with E-state index in [9.17, 15) is 9.59 Å². The minimum absolute atomic E-state index is 0.242. The first-order valence-corrected chi connectivity index (χ1v) is 11.6. The Labute approximate surface area is 180 Å². The van der Waals surface area contributed by atoms with Crippen LogP contribution in [0.1, 0.15) is 21.5 Å². The summed E-state index contributed by atoms with van der Waals surface area (Å²) in [6.07, 6.45) is 0.242. The summed E-state index contributed by atoms with van der Waals surface area (Å²) in [5, 5.41) is 3.82. The van der Waals surface area contributed by atoms with Crippen LogP contribution in [0.5, 0.6) is 0 Å². The summed E-state index contributed by atoms with van der Waals surface area (Å²) in [5.74, 6) is 0.189. The molecule has 146 valence electrons. The minimum Gasteiger partial charge on any atom is -0.273 e. The molecule has 0 saturated carbocycles. The van der Waals surface area contributed by atoms with Gasteiger partial charge in [-0.25, -0.2) is 4.98 Å². The van der Waals surface area contributed by atoms with Crippen LogP contribution in [0, 0.1) is 0 Å². The van der Waals surface area contributed by atoms with Gasteiger partial charge in [0.25, 0.3) is 5.91 Å². The maximum absolute atomic E-state index is 12.2. The molecule has 0 fully saturated rings. The number of thioether (sulfide) groups is 1. The van der Waals surface area contributed by atoms with Crippen LogP contribution in [0.15, 0.2) is 69.7 Å². The molecule has 0 aliphatic rings. The highest BCUT2D eigenvalue weighted by molar-refractivity contribution is 8.00. The summed E-state index contributed by atoms with van der Waals surface area (Å²) in [7, 11) is 0. The van der Waals surface area contributed by atoms with Crippen molar-refractivity contribution in [3.63, 3.8) is 0 Å². The van der Waals surface area contributed by atoms with Gasteiger partial charge in [-0.15, -0.1) is 11.3 Å². The first-order valence-electron chi connectivity index (χ1n) is 8.85. The van der Waals surface area contributed by atoms with Crippen LogP contribution in [0.4, 0.5) is 0 Å². The van der Waals surface area contributed by atoms with Crippen molar-refractivity contribution in [3.8, 4) is 0 Å². The molecule has 0 radical (unpaired) electrons. The number of rotatable bonds is 6. The SMILES string of the molecule is O=C(Cc1ccsc1)NNC(=O)c1ccc(CSc2nc3ccccc3s2)cc1. The molecular formula is C21H17N3O2S3. The van der Waals surface area contributed by atoms with Gasteiger partial charge in [0.1, 0.15) is 0 Å². The van der Waals surface area contributed by atoms with Crippen molar-refractivity contribution >= 4 is 56.5 Å². The fourth-order valence-electron chi connectivity index (χ4n) is 2.63. The van der Waals surface area contributed by atoms with Crippen LogP contribution in [-0.2, 0) is 17.0 Å². The summed E-state index contributed by atoms with van der Waals surface area (Å²) < 4.78 is 2.21. The number of aromatic nitrogens is 1. The van der Waals surface area contributed by atoms with Gasteiger partial charge in [0.2, 0.25) is 5.91 Å². The van der Waals surface area contributed by atoms with Crippen LogP contribution in [-0.4, -0.2) is 16.8 Å². The topological polar surface area (TPSA) is 71.1 Å². The summed E-state index contributed by atoms with van der Waals surface area (Å²) >= 11 is 4.90. The van der Waals surface area contributed by atoms with Crippen LogP contribution < -0.4 is 10.9 Å². The number of nitrogens with zero attached hydrogens (tertiary/aromatic N) is 1. The second kappa shape index (κ2) is 9.21. The van der Waals surface area contributed by atoms with E-state index in [-0.39, 0.29) is 18.2 Å². The maximum Gasteiger partial charge on any atom is 0.269 e.